The van der Waals surface area contributed by atoms with Gasteiger partial charge in [0.15, 0.2) is 11.5 Å². The first kappa shape index (κ1) is 17.1. The molecule has 4 heteroatoms. The number of hydrogen-bond donors (Lipinski definition) is 0. The Morgan fingerprint density at radius 1 is 1.29 bits per heavy atom. The highest BCUT2D eigenvalue weighted by Gasteiger charge is 2.31. The van der Waals surface area contributed by atoms with Crippen molar-refractivity contribution in [2.45, 2.75) is 47.5 Å². The zero-order valence-corrected chi connectivity index (χ0v) is 13.3. The van der Waals surface area contributed by atoms with Crippen LogP contribution >= 0.6 is 0 Å². The molecule has 21 heavy (non-hydrogen) atoms. The summed E-state index contributed by atoms with van der Waals surface area (Å²) in [5.41, 5.74) is 1.83. The van der Waals surface area contributed by atoms with Crippen LogP contribution in [-0.4, -0.2) is 17.5 Å². The maximum absolute atomic E-state index is 12.4. The van der Waals surface area contributed by atoms with E-state index in [1.807, 2.05) is 20.8 Å². The van der Waals surface area contributed by atoms with Crippen LogP contribution in [0.2, 0.25) is 0 Å². The fraction of sp³-hybridized carbons (Fsp3) is 0.471. The van der Waals surface area contributed by atoms with Gasteiger partial charge in [-0.2, -0.15) is 0 Å². The maximum Gasteiger partial charge on any atom is 0.308 e. The Labute approximate surface area is 125 Å². The first-order valence-electron chi connectivity index (χ1n) is 7.07. The molecule has 0 aromatic heterocycles. The molecule has 0 bridgehead atoms. The summed E-state index contributed by atoms with van der Waals surface area (Å²) in [7, 11) is 0. The molecule has 4 nitrogen and oxygen atoms in total. The van der Waals surface area contributed by atoms with E-state index in [0.717, 1.165) is 12.8 Å². The third-order valence-electron chi connectivity index (χ3n) is 3.39. The van der Waals surface area contributed by atoms with Crippen LogP contribution in [0.15, 0.2) is 34.6 Å². The van der Waals surface area contributed by atoms with Gasteiger partial charge in [-0.05, 0) is 45.6 Å². The Bertz CT molecular complexity index is 557. The highest BCUT2D eigenvalue weighted by Crippen LogP contribution is 2.27. The van der Waals surface area contributed by atoms with Crippen molar-refractivity contribution in [2.75, 3.05) is 0 Å². The van der Waals surface area contributed by atoms with Crippen LogP contribution in [0.5, 0.6) is 0 Å². The Balaban J connectivity index is 2.92. The largest absolute Gasteiger partial charge is 0.422 e. The van der Waals surface area contributed by atoms with E-state index in [0.29, 0.717) is 5.57 Å². The molecule has 0 aromatic carbocycles. The SMILES string of the molecule is CC(=O)OC1=C(C)C(=O)C=C([C@H](C)CCC=C(C)C)C1=O. The van der Waals surface area contributed by atoms with E-state index in [9.17, 15) is 14.4 Å². The third kappa shape index (κ3) is 4.52. The summed E-state index contributed by atoms with van der Waals surface area (Å²) in [5.74, 6) is -1.40. The number of carbonyl (C=O) groups excluding carboxylic acids is 3. The molecule has 0 saturated carbocycles. The summed E-state index contributed by atoms with van der Waals surface area (Å²) >= 11 is 0. The van der Waals surface area contributed by atoms with Gasteiger partial charge in [0.25, 0.3) is 0 Å². The fourth-order valence-electron chi connectivity index (χ4n) is 2.14. The average Bonchev–Trinajstić information content (AvgIpc) is 2.38. The van der Waals surface area contributed by atoms with E-state index in [2.05, 4.69) is 6.08 Å². The minimum atomic E-state index is -0.594. The maximum atomic E-state index is 12.4. The van der Waals surface area contributed by atoms with Gasteiger partial charge in [0, 0.05) is 18.1 Å². The third-order valence-corrected chi connectivity index (χ3v) is 3.39. The molecule has 1 atom stereocenters. The Kier molecular flexibility index (Phi) is 5.82. The summed E-state index contributed by atoms with van der Waals surface area (Å²) in [4.78, 5) is 35.4. The van der Waals surface area contributed by atoms with Gasteiger partial charge >= 0.3 is 5.97 Å². The first-order valence-corrected chi connectivity index (χ1v) is 7.07. The van der Waals surface area contributed by atoms with Crippen LogP contribution in [0.25, 0.3) is 0 Å². The number of Topliss-reactive ketones (excluding diaryl/α,β-unsaturated/α-hetero) is 1. The quantitative estimate of drug-likeness (QED) is 0.443. The summed E-state index contributed by atoms with van der Waals surface area (Å²) in [5, 5.41) is 0. The lowest BCUT2D eigenvalue weighted by molar-refractivity contribution is -0.140. The predicted molar refractivity (Wildman–Crippen MR) is 80.4 cm³/mol. The second-order valence-electron chi connectivity index (χ2n) is 5.60. The van der Waals surface area contributed by atoms with Crippen LogP contribution in [0, 0.1) is 5.92 Å². The number of carbonyl (C=O) groups is 3. The molecule has 0 radical (unpaired) electrons. The molecule has 0 fully saturated rings. The molecule has 0 unspecified atom stereocenters. The molecule has 0 heterocycles. The number of ether oxygens (including phenoxy) is 1. The van der Waals surface area contributed by atoms with Crippen molar-refractivity contribution in [1.29, 1.82) is 0 Å². The van der Waals surface area contributed by atoms with Crippen LogP contribution in [0.4, 0.5) is 0 Å². The summed E-state index contributed by atoms with van der Waals surface area (Å²) in [6, 6.07) is 0. The molecular formula is C17H22O4. The topological polar surface area (TPSA) is 60.4 Å². The van der Waals surface area contributed by atoms with Crippen molar-refractivity contribution in [3.63, 3.8) is 0 Å². The molecule has 1 aliphatic rings. The minimum Gasteiger partial charge on any atom is -0.422 e. The van der Waals surface area contributed by atoms with E-state index < -0.39 is 5.97 Å². The highest BCUT2D eigenvalue weighted by atomic mass is 16.5. The molecule has 114 valence electrons. The molecule has 1 rings (SSSR count). The van der Waals surface area contributed by atoms with Gasteiger partial charge in [-0.25, -0.2) is 0 Å². The number of allylic oxidation sites excluding steroid dienone is 5. The summed E-state index contributed by atoms with van der Waals surface area (Å²) in [6.07, 6.45) is 5.08. The van der Waals surface area contributed by atoms with Crippen molar-refractivity contribution >= 4 is 17.5 Å². The monoisotopic (exact) mass is 290 g/mol. The lowest BCUT2D eigenvalue weighted by Gasteiger charge is -2.20. The second-order valence-corrected chi connectivity index (χ2v) is 5.60. The van der Waals surface area contributed by atoms with Crippen LogP contribution in [0.3, 0.4) is 0 Å². The van der Waals surface area contributed by atoms with Crippen molar-refractivity contribution in [3.05, 3.63) is 34.6 Å². The average molecular weight is 290 g/mol. The summed E-state index contributed by atoms with van der Waals surface area (Å²) < 4.78 is 4.93. The minimum absolute atomic E-state index is 0.0595. The fourth-order valence-corrected chi connectivity index (χ4v) is 2.14. The van der Waals surface area contributed by atoms with Crippen LogP contribution in [0.1, 0.15) is 47.5 Å². The number of esters is 1. The standard InChI is InChI=1S/C17H22O4/c1-10(2)7-6-8-11(3)14-9-15(19)12(4)17(16(14)20)21-13(5)18/h7,9,11H,6,8H2,1-5H3/t11-/m1/s1. The van der Waals surface area contributed by atoms with Crippen LogP contribution < -0.4 is 0 Å². The highest BCUT2D eigenvalue weighted by molar-refractivity contribution is 6.22. The van der Waals surface area contributed by atoms with E-state index in [1.165, 1.54) is 25.5 Å². The van der Waals surface area contributed by atoms with Gasteiger partial charge < -0.3 is 4.74 Å². The summed E-state index contributed by atoms with van der Waals surface area (Å²) in [6.45, 7) is 8.66. The zero-order valence-electron chi connectivity index (χ0n) is 13.3. The molecule has 0 saturated heterocycles. The Morgan fingerprint density at radius 3 is 2.43 bits per heavy atom. The van der Waals surface area contributed by atoms with E-state index in [1.54, 1.807) is 0 Å². The van der Waals surface area contributed by atoms with Gasteiger partial charge in [-0.1, -0.05) is 18.6 Å². The molecule has 0 amide bonds. The van der Waals surface area contributed by atoms with E-state index in [-0.39, 0.29) is 28.8 Å². The molecule has 0 aromatic rings. The molecule has 0 aliphatic heterocycles. The Hall–Kier alpha value is -1.97. The number of ketones is 2. The van der Waals surface area contributed by atoms with Crippen LogP contribution in [-0.2, 0) is 19.1 Å². The van der Waals surface area contributed by atoms with E-state index >= 15 is 0 Å². The van der Waals surface area contributed by atoms with Gasteiger partial charge in [-0.15, -0.1) is 0 Å². The van der Waals surface area contributed by atoms with Crippen molar-refractivity contribution in [2.24, 2.45) is 5.92 Å². The smallest absolute Gasteiger partial charge is 0.308 e. The van der Waals surface area contributed by atoms with E-state index in [4.69, 9.17) is 4.74 Å². The molecular weight excluding hydrogens is 268 g/mol. The van der Waals surface area contributed by atoms with Gasteiger partial charge in [0.2, 0.25) is 5.78 Å². The molecule has 0 spiro atoms. The van der Waals surface area contributed by atoms with Gasteiger partial charge in [0.05, 0.1) is 0 Å². The predicted octanol–water partition coefficient (Wildman–Crippen LogP) is 3.28. The van der Waals surface area contributed by atoms with Crippen molar-refractivity contribution in [3.8, 4) is 0 Å². The van der Waals surface area contributed by atoms with Gasteiger partial charge in [0.1, 0.15) is 0 Å². The lowest BCUT2D eigenvalue weighted by Crippen LogP contribution is -2.24. The van der Waals surface area contributed by atoms with Gasteiger partial charge in [-0.3, -0.25) is 14.4 Å². The zero-order chi connectivity index (χ0) is 16.2. The number of hydrogen-bond acceptors (Lipinski definition) is 4. The van der Waals surface area contributed by atoms with Crippen molar-refractivity contribution in [1.82, 2.24) is 0 Å². The lowest BCUT2D eigenvalue weighted by atomic mass is 9.86. The van der Waals surface area contributed by atoms with Crippen molar-refractivity contribution < 1.29 is 19.1 Å². The Morgan fingerprint density at radius 2 is 1.90 bits per heavy atom. The second kappa shape index (κ2) is 7.16. The number of rotatable bonds is 5. The molecule has 1 aliphatic carbocycles. The normalized spacial score (nSPS) is 16.5. The molecule has 0 N–H and O–H groups in total. The first-order chi connectivity index (χ1) is 9.73.